The SMILES string of the molecule is Cc1ccc2ccc3c(c2n1)OC(N)=C(C#N)[C@@H]3c1ccncc1. The first-order chi connectivity index (χ1) is 11.7. The molecule has 0 spiro atoms. The van der Waals surface area contributed by atoms with Crippen LogP contribution in [0, 0.1) is 18.3 Å². The quantitative estimate of drug-likeness (QED) is 0.745. The molecule has 4 rings (SSSR count). The Morgan fingerprint density at radius 2 is 1.88 bits per heavy atom. The highest BCUT2D eigenvalue weighted by molar-refractivity contribution is 5.87. The van der Waals surface area contributed by atoms with Gasteiger partial charge in [0.15, 0.2) is 5.75 Å². The maximum Gasteiger partial charge on any atom is 0.205 e. The molecule has 3 aromatic rings. The fourth-order valence-electron chi connectivity index (χ4n) is 3.09. The van der Waals surface area contributed by atoms with E-state index in [4.69, 9.17) is 10.5 Å². The zero-order chi connectivity index (χ0) is 16.7. The van der Waals surface area contributed by atoms with Gasteiger partial charge in [-0.1, -0.05) is 18.2 Å². The lowest BCUT2D eigenvalue weighted by atomic mass is 9.83. The molecule has 0 bridgehead atoms. The van der Waals surface area contributed by atoms with Gasteiger partial charge in [0.25, 0.3) is 0 Å². The maximum absolute atomic E-state index is 9.58. The summed E-state index contributed by atoms with van der Waals surface area (Å²) in [6.07, 6.45) is 3.41. The normalized spacial score (nSPS) is 16.4. The second kappa shape index (κ2) is 5.36. The van der Waals surface area contributed by atoms with Crippen LogP contribution in [0.3, 0.4) is 0 Å². The fourth-order valence-corrected chi connectivity index (χ4v) is 3.09. The molecular weight excluding hydrogens is 300 g/mol. The average Bonchev–Trinajstić information content (AvgIpc) is 2.61. The Kier molecular flexibility index (Phi) is 3.17. The van der Waals surface area contributed by atoms with E-state index in [-0.39, 0.29) is 11.8 Å². The van der Waals surface area contributed by atoms with E-state index in [0.717, 1.165) is 27.7 Å². The van der Waals surface area contributed by atoms with Crippen LogP contribution >= 0.6 is 0 Å². The Labute approximate surface area is 139 Å². The lowest BCUT2D eigenvalue weighted by molar-refractivity contribution is 0.397. The highest BCUT2D eigenvalue weighted by Crippen LogP contribution is 2.44. The summed E-state index contributed by atoms with van der Waals surface area (Å²) in [6, 6.07) is 13.9. The summed E-state index contributed by atoms with van der Waals surface area (Å²) in [5, 5.41) is 10.6. The van der Waals surface area contributed by atoms with Crippen molar-refractivity contribution < 1.29 is 4.74 Å². The van der Waals surface area contributed by atoms with Crippen molar-refractivity contribution in [3.05, 3.63) is 77.1 Å². The van der Waals surface area contributed by atoms with Gasteiger partial charge in [0.05, 0.1) is 5.92 Å². The lowest BCUT2D eigenvalue weighted by Crippen LogP contribution is -2.21. The van der Waals surface area contributed by atoms with Crippen LogP contribution in [0.2, 0.25) is 0 Å². The zero-order valence-corrected chi connectivity index (χ0v) is 13.0. The Bertz CT molecular complexity index is 1020. The van der Waals surface area contributed by atoms with Gasteiger partial charge in [0, 0.05) is 29.0 Å². The van der Waals surface area contributed by atoms with Gasteiger partial charge in [-0.2, -0.15) is 5.26 Å². The maximum atomic E-state index is 9.58. The van der Waals surface area contributed by atoms with Crippen molar-refractivity contribution in [3.8, 4) is 11.8 Å². The standard InChI is InChI=1S/C19H14N4O/c1-11-2-3-13-4-5-14-16(12-6-8-22-9-7-12)15(10-20)19(21)24-18(14)17(13)23-11/h2-9,16H,21H2,1H3/t16-/m1/s1. The van der Waals surface area contributed by atoms with Gasteiger partial charge >= 0.3 is 0 Å². The number of pyridine rings is 2. The van der Waals surface area contributed by atoms with Gasteiger partial charge in [-0.05, 0) is 30.7 Å². The van der Waals surface area contributed by atoms with E-state index >= 15 is 0 Å². The fraction of sp³-hybridized carbons (Fsp3) is 0.105. The highest BCUT2D eigenvalue weighted by atomic mass is 16.5. The van der Waals surface area contributed by atoms with E-state index < -0.39 is 0 Å². The molecule has 5 nitrogen and oxygen atoms in total. The van der Waals surface area contributed by atoms with Crippen molar-refractivity contribution in [1.82, 2.24) is 9.97 Å². The molecule has 2 N–H and O–H groups in total. The minimum atomic E-state index is -0.284. The van der Waals surface area contributed by atoms with E-state index in [2.05, 4.69) is 16.0 Å². The van der Waals surface area contributed by atoms with Crippen molar-refractivity contribution in [2.75, 3.05) is 0 Å². The van der Waals surface area contributed by atoms with E-state index in [1.165, 1.54) is 0 Å². The lowest BCUT2D eigenvalue weighted by Gasteiger charge is -2.27. The third-order valence-corrected chi connectivity index (χ3v) is 4.22. The molecule has 3 heterocycles. The summed E-state index contributed by atoms with van der Waals surface area (Å²) in [5.74, 6) is 0.464. The van der Waals surface area contributed by atoms with Crippen molar-refractivity contribution in [2.45, 2.75) is 12.8 Å². The molecule has 1 aliphatic heterocycles. The molecule has 116 valence electrons. The van der Waals surface area contributed by atoms with Crippen molar-refractivity contribution in [2.24, 2.45) is 5.73 Å². The smallest absolute Gasteiger partial charge is 0.205 e. The molecule has 5 heteroatoms. The molecule has 2 aromatic heterocycles. The topological polar surface area (TPSA) is 84.8 Å². The number of nitriles is 1. The molecule has 1 aliphatic rings. The first-order valence-electron chi connectivity index (χ1n) is 7.57. The predicted octanol–water partition coefficient (Wildman–Crippen LogP) is 3.16. The number of aromatic nitrogens is 2. The Balaban J connectivity index is 2.03. The second-order valence-electron chi connectivity index (χ2n) is 5.71. The van der Waals surface area contributed by atoms with Gasteiger partial charge in [-0.3, -0.25) is 4.98 Å². The number of benzene rings is 1. The van der Waals surface area contributed by atoms with Gasteiger partial charge in [0.2, 0.25) is 5.88 Å². The van der Waals surface area contributed by atoms with Crippen LogP contribution in [0.4, 0.5) is 0 Å². The predicted molar refractivity (Wildman–Crippen MR) is 90.0 cm³/mol. The van der Waals surface area contributed by atoms with E-state index in [0.29, 0.717) is 11.3 Å². The van der Waals surface area contributed by atoms with Crippen molar-refractivity contribution in [3.63, 3.8) is 0 Å². The highest BCUT2D eigenvalue weighted by Gasteiger charge is 2.32. The number of aryl methyl sites for hydroxylation is 1. The molecule has 0 saturated carbocycles. The molecule has 0 unspecified atom stereocenters. The Morgan fingerprint density at radius 1 is 1.12 bits per heavy atom. The molecule has 0 radical (unpaired) electrons. The first-order valence-corrected chi connectivity index (χ1v) is 7.57. The summed E-state index contributed by atoms with van der Waals surface area (Å²) in [7, 11) is 0. The number of fused-ring (bicyclic) bond motifs is 3. The van der Waals surface area contributed by atoms with Crippen LogP contribution in [0.25, 0.3) is 10.9 Å². The van der Waals surface area contributed by atoms with Crippen LogP contribution in [0.15, 0.2) is 60.2 Å². The summed E-state index contributed by atoms with van der Waals surface area (Å²) >= 11 is 0. The summed E-state index contributed by atoms with van der Waals surface area (Å²) in [4.78, 5) is 8.66. The molecule has 1 aromatic carbocycles. The summed E-state index contributed by atoms with van der Waals surface area (Å²) in [6.45, 7) is 1.93. The molecular formula is C19H14N4O. The van der Waals surface area contributed by atoms with E-state index in [1.54, 1.807) is 12.4 Å². The van der Waals surface area contributed by atoms with Crippen molar-refractivity contribution >= 4 is 10.9 Å². The number of hydrogen-bond donors (Lipinski definition) is 1. The number of rotatable bonds is 1. The number of ether oxygens (including phenoxy) is 1. The Morgan fingerprint density at radius 3 is 2.62 bits per heavy atom. The van der Waals surface area contributed by atoms with Gasteiger partial charge in [-0.25, -0.2) is 4.98 Å². The molecule has 1 atom stereocenters. The average molecular weight is 314 g/mol. The summed E-state index contributed by atoms with van der Waals surface area (Å²) in [5.41, 5.74) is 9.94. The minimum absolute atomic E-state index is 0.127. The molecule has 0 amide bonds. The first kappa shape index (κ1) is 14.2. The zero-order valence-electron chi connectivity index (χ0n) is 13.0. The number of nitrogens with zero attached hydrogens (tertiary/aromatic N) is 3. The van der Waals surface area contributed by atoms with Crippen LogP contribution < -0.4 is 10.5 Å². The van der Waals surface area contributed by atoms with Gasteiger partial charge in [0.1, 0.15) is 17.2 Å². The van der Waals surface area contributed by atoms with Crippen molar-refractivity contribution in [1.29, 1.82) is 5.26 Å². The minimum Gasteiger partial charge on any atom is -0.438 e. The van der Waals surface area contributed by atoms with Crippen LogP contribution in [0.5, 0.6) is 5.75 Å². The number of allylic oxidation sites excluding steroid dienone is 1. The Hall–Kier alpha value is -3.39. The molecule has 24 heavy (non-hydrogen) atoms. The number of nitrogens with two attached hydrogens (primary N) is 1. The van der Waals surface area contributed by atoms with E-state index in [1.807, 2.05) is 43.3 Å². The van der Waals surface area contributed by atoms with Gasteiger partial charge in [-0.15, -0.1) is 0 Å². The second-order valence-corrected chi connectivity index (χ2v) is 5.71. The van der Waals surface area contributed by atoms with E-state index in [9.17, 15) is 5.26 Å². The van der Waals surface area contributed by atoms with Crippen LogP contribution in [-0.2, 0) is 0 Å². The molecule has 0 aliphatic carbocycles. The summed E-state index contributed by atoms with van der Waals surface area (Å²) < 4.78 is 5.81. The molecule has 0 saturated heterocycles. The molecule has 0 fully saturated rings. The van der Waals surface area contributed by atoms with Gasteiger partial charge < -0.3 is 10.5 Å². The third kappa shape index (κ3) is 2.09. The van der Waals surface area contributed by atoms with Crippen LogP contribution in [-0.4, -0.2) is 9.97 Å². The largest absolute Gasteiger partial charge is 0.438 e. The monoisotopic (exact) mass is 314 g/mol. The third-order valence-electron chi connectivity index (χ3n) is 4.22. The number of hydrogen-bond acceptors (Lipinski definition) is 5. The van der Waals surface area contributed by atoms with Crippen LogP contribution in [0.1, 0.15) is 22.7 Å².